The fraction of sp³-hybridized carbons (Fsp3) is 0.579. The molecule has 2 saturated carbocycles. The maximum Gasteiger partial charge on any atom is 0.0228 e. The molecule has 106 valence electrons. The number of allylic oxidation sites excluding steroid dienone is 2. The zero-order chi connectivity index (χ0) is 13.8. The fourth-order valence-electron chi connectivity index (χ4n) is 5.22. The van der Waals surface area contributed by atoms with Crippen LogP contribution in [0.15, 0.2) is 41.3 Å². The van der Waals surface area contributed by atoms with Crippen LogP contribution >= 0.6 is 11.8 Å². The summed E-state index contributed by atoms with van der Waals surface area (Å²) in [5.41, 5.74) is 2.51. The minimum Gasteiger partial charge on any atom is -0.126 e. The van der Waals surface area contributed by atoms with Gasteiger partial charge in [0.2, 0.25) is 0 Å². The van der Waals surface area contributed by atoms with Crippen molar-refractivity contribution in [3.05, 3.63) is 46.9 Å². The van der Waals surface area contributed by atoms with Gasteiger partial charge in [0.25, 0.3) is 0 Å². The minimum absolute atomic E-state index is 0.495. The Balaban J connectivity index is 1.52. The first kappa shape index (κ1) is 13.0. The van der Waals surface area contributed by atoms with Crippen molar-refractivity contribution in [3.8, 4) is 0 Å². The number of benzene rings is 1. The third-order valence-corrected chi connectivity index (χ3v) is 7.79. The lowest BCUT2D eigenvalue weighted by molar-refractivity contribution is 0.0655. The van der Waals surface area contributed by atoms with Gasteiger partial charge in [-0.15, -0.1) is 11.8 Å². The summed E-state index contributed by atoms with van der Waals surface area (Å²) < 4.78 is 0. The molecule has 2 bridgehead atoms. The highest BCUT2D eigenvalue weighted by atomic mass is 32.2. The molecule has 1 aromatic carbocycles. The lowest BCUT2D eigenvalue weighted by Crippen LogP contribution is -2.38. The van der Waals surface area contributed by atoms with Gasteiger partial charge in [-0.3, -0.25) is 0 Å². The highest BCUT2D eigenvalue weighted by molar-refractivity contribution is 8.02. The van der Waals surface area contributed by atoms with Gasteiger partial charge in [-0.25, -0.2) is 0 Å². The van der Waals surface area contributed by atoms with Gasteiger partial charge in [-0.05, 0) is 58.8 Å². The van der Waals surface area contributed by atoms with Crippen LogP contribution in [0.4, 0.5) is 0 Å². The van der Waals surface area contributed by atoms with Gasteiger partial charge >= 0.3 is 0 Å². The van der Waals surface area contributed by atoms with Gasteiger partial charge in [0.1, 0.15) is 0 Å². The van der Waals surface area contributed by atoms with Gasteiger partial charge in [-0.2, -0.15) is 0 Å². The Hall–Kier alpha value is -0.690. The number of fused-ring (bicyclic) bond motifs is 5. The molecule has 20 heavy (non-hydrogen) atoms. The highest BCUT2D eigenvalue weighted by Gasteiger charge is 2.63. The van der Waals surface area contributed by atoms with Crippen molar-refractivity contribution >= 4 is 11.8 Å². The largest absolute Gasteiger partial charge is 0.126 e. The molecule has 0 saturated heterocycles. The second-order valence-electron chi connectivity index (χ2n) is 7.47. The van der Waals surface area contributed by atoms with E-state index in [0.29, 0.717) is 10.8 Å². The average molecular weight is 284 g/mol. The van der Waals surface area contributed by atoms with Crippen LogP contribution in [0.5, 0.6) is 0 Å². The minimum atomic E-state index is 0.495. The molecule has 2 fully saturated rings. The van der Waals surface area contributed by atoms with Gasteiger partial charge in [0, 0.05) is 5.75 Å². The summed E-state index contributed by atoms with van der Waals surface area (Å²) in [6.07, 6.45) is 8.47. The van der Waals surface area contributed by atoms with E-state index < -0.39 is 0 Å². The maximum absolute atomic E-state index is 2.67. The Morgan fingerprint density at radius 1 is 1.10 bits per heavy atom. The van der Waals surface area contributed by atoms with E-state index >= 15 is 0 Å². The third-order valence-electron chi connectivity index (χ3n) is 6.68. The summed E-state index contributed by atoms with van der Waals surface area (Å²) in [6, 6.07) is 10.9. The van der Waals surface area contributed by atoms with Crippen LogP contribution < -0.4 is 0 Å². The van der Waals surface area contributed by atoms with Crippen molar-refractivity contribution in [2.45, 2.75) is 45.3 Å². The standard InChI is InChI=1S/C19H24S/c1-18-11-17(20-13-14-6-4-3-5-7-14)12-19(18,2)16-9-8-15(18)10-16/h3-7,11,15-16H,8-10,12-13H2,1-2H3/t15-,16+,18-,19+/m0/s1. The molecule has 0 N–H and O–H groups in total. The second kappa shape index (κ2) is 4.40. The zero-order valence-electron chi connectivity index (χ0n) is 12.6. The van der Waals surface area contributed by atoms with Crippen LogP contribution in [0.2, 0.25) is 0 Å². The molecule has 4 atom stereocenters. The molecule has 4 rings (SSSR count). The Labute approximate surface area is 127 Å². The van der Waals surface area contributed by atoms with Gasteiger partial charge in [-0.1, -0.05) is 50.3 Å². The van der Waals surface area contributed by atoms with E-state index in [-0.39, 0.29) is 0 Å². The van der Waals surface area contributed by atoms with E-state index in [9.17, 15) is 0 Å². The van der Waals surface area contributed by atoms with E-state index in [1.54, 1.807) is 4.91 Å². The third kappa shape index (κ3) is 1.68. The summed E-state index contributed by atoms with van der Waals surface area (Å²) in [5.74, 6) is 3.09. The molecule has 0 spiro atoms. The molecule has 3 aliphatic carbocycles. The Bertz CT molecular complexity index is 546. The summed E-state index contributed by atoms with van der Waals surface area (Å²) in [7, 11) is 0. The molecule has 0 radical (unpaired) electrons. The lowest BCUT2D eigenvalue weighted by Gasteiger charge is -2.44. The monoisotopic (exact) mass is 284 g/mol. The van der Waals surface area contributed by atoms with Crippen molar-refractivity contribution < 1.29 is 0 Å². The first-order chi connectivity index (χ1) is 9.62. The van der Waals surface area contributed by atoms with Gasteiger partial charge in [0.15, 0.2) is 0 Å². The fourth-order valence-corrected chi connectivity index (χ4v) is 6.49. The second-order valence-corrected chi connectivity index (χ2v) is 8.57. The number of hydrogen-bond donors (Lipinski definition) is 0. The van der Waals surface area contributed by atoms with Crippen LogP contribution in [-0.4, -0.2) is 0 Å². The van der Waals surface area contributed by atoms with Crippen molar-refractivity contribution in [2.75, 3.05) is 0 Å². The normalized spacial score (nSPS) is 41.8. The van der Waals surface area contributed by atoms with E-state index in [4.69, 9.17) is 0 Å². The number of hydrogen-bond acceptors (Lipinski definition) is 1. The summed E-state index contributed by atoms with van der Waals surface area (Å²) >= 11 is 2.08. The molecule has 0 aliphatic heterocycles. The first-order valence-electron chi connectivity index (χ1n) is 8.00. The van der Waals surface area contributed by atoms with Gasteiger partial charge < -0.3 is 0 Å². The smallest absolute Gasteiger partial charge is 0.0228 e. The summed E-state index contributed by atoms with van der Waals surface area (Å²) in [4.78, 5) is 1.66. The summed E-state index contributed by atoms with van der Waals surface area (Å²) in [6.45, 7) is 5.12. The van der Waals surface area contributed by atoms with Crippen LogP contribution in [0.25, 0.3) is 0 Å². The summed E-state index contributed by atoms with van der Waals surface area (Å²) in [5, 5.41) is 0. The Morgan fingerprint density at radius 2 is 1.85 bits per heavy atom. The molecule has 0 heterocycles. The maximum atomic E-state index is 2.67. The van der Waals surface area contributed by atoms with Crippen LogP contribution in [0.3, 0.4) is 0 Å². The molecule has 1 heteroatoms. The number of thioether (sulfide) groups is 1. The number of rotatable bonds is 3. The predicted molar refractivity (Wildman–Crippen MR) is 87.5 cm³/mol. The topological polar surface area (TPSA) is 0 Å². The molecule has 3 aliphatic rings. The predicted octanol–water partition coefficient (Wildman–Crippen LogP) is 5.65. The molecule has 1 aromatic rings. The molecule has 0 aromatic heterocycles. The van der Waals surface area contributed by atoms with Crippen molar-refractivity contribution in [1.29, 1.82) is 0 Å². The highest BCUT2D eigenvalue weighted by Crippen LogP contribution is 2.72. The molecule has 0 nitrogen and oxygen atoms in total. The molecule has 0 unspecified atom stereocenters. The van der Waals surface area contributed by atoms with Gasteiger partial charge in [0.05, 0.1) is 0 Å². The quantitative estimate of drug-likeness (QED) is 0.691. The van der Waals surface area contributed by atoms with Crippen LogP contribution in [0.1, 0.15) is 45.1 Å². The van der Waals surface area contributed by atoms with E-state index in [1.165, 1.54) is 31.2 Å². The Morgan fingerprint density at radius 3 is 2.60 bits per heavy atom. The van der Waals surface area contributed by atoms with Crippen LogP contribution in [0, 0.1) is 22.7 Å². The SMILES string of the molecule is C[C@@]12C=C(SCc3ccccc3)C[C@]1(C)[C@@H]1CC[C@H]2C1. The van der Waals surface area contributed by atoms with Crippen LogP contribution in [-0.2, 0) is 5.75 Å². The lowest BCUT2D eigenvalue weighted by atomic mass is 9.60. The van der Waals surface area contributed by atoms with Crippen molar-refractivity contribution in [1.82, 2.24) is 0 Å². The van der Waals surface area contributed by atoms with E-state index in [0.717, 1.165) is 17.6 Å². The average Bonchev–Trinajstić information content (AvgIpc) is 3.08. The van der Waals surface area contributed by atoms with E-state index in [1.807, 2.05) is 0 Å². The first-order valence-corrected chi connectivity index (χ1v) is 8.99. The Kier molecular flexibility index (Phi) is 2.86. The molecule has 0 amide bonds. The molecular formula is C19H24S. The zero-order valence-corrected chi connectivity index (χ0v) is 13.4. The van der Waals surface area contributed by atoms with Crippen molar-refractivity contribution in [3.63, 3.8) is 0 Å². The van der Waals surface area contributed by atoms with Crippen molar-refractivity contribution in [2.24, 2.45) is 22.7 Å². The van der Waals surface area contributed by atoms with E-state index in [2.05, 4.69) is 62.0 Å². The molecular weight excluding hydrogens is 260 g/mol.